The van der Waals surface area contributed by atoms with Crippen LogP contribution in [-0.2, 0) is 27.8 Å². The van der Waals surface area contributed by atoms with Gasteiger partial charge in [-0.15, -0.1) is 0 Å². The molecule has 192 valence electrons. The molecule has 0 aliphatic carbocycles. The number of likely N-dealkylation sites (N-methyl/N-ethyl adjacent to an activating group) is 1. The predicted molar refractivity (Wildman–Crippen MR) is 139 cm³/mol. The lowest BCUT2D eigenvalue weighted by molar-refractivity contribution is -0.129. The maximum atomic E-state index is 13.2. The van der Waals surface area contributed by atoms with Gasteiger partial charge in [0.05, 0.1) is 12.0 Å². The summed E-state index contributed by atoms with van der Waals surface area (Å²) >= 11 is 0. The van der Waals surface area contributed by atoms with Crippen molar-refractivity contribution >= 4 is 15.9 Å². The minimum absolute atomic E-state index is 0.0686. The summed E-state index contributed by atoms with van der Waals surface area (Å²) in [5.41, 5.74) is 3.78. The van der Waals surface area contributed by atoms with Crippen LogP contribution in [0.25, 0.3) is 0 Å². The number of benzene rings is 2. The Morgan fingerprint density at radius 2 is 1.54 bits per heavy atom. The number of rotatable bonds is 11. The highest BCUT2D eigenvalue weighted by Crippen LogP contribution is 2.27. The molecule has 3 rings (SSSR count). The zero-order chi connectivity index (χ0) is 25.6. The third kappa shape index (κ3) is 7.06. The number of methoxy groups -OCH3 is 1. The summed E-state index contributed by atoms with van der Waals surface area (Å²) in [7, 11) is 1.14. The smallest absolute Gasteiger partial charge is 0.243 e. The second-order valence-corrected chi connectivity index (χ2v) is 11.5. The van der Waals surface area contributed by atoms with E-state index in [2.05, 4.69) is 29.2 Å². The molecule has 1 heterocycles. The Morgan fingerprint density at radius 1 is 0.971 bits per heavy atom. The summed E-state index contributed by atoms with van der Waals surface area (Å²) in [5, 5.41) is 0. The lowest BCUT2D eigenvalue weighted by atomic mass is 10.1. The largest absolute Gasteiger partial charge is 0.497 e. The first-order valence-corrected chi connectivity index (χ1v) is 13.7. The fourth-order valence-corrected chi connectivity index (χ4v) is 6.16. The minimum Gasteiger partial charge on any atom is -0.497 e. The van der Waals surface area contributed by atoms with Gasteiger partial charge in [-0.25, -0.2) is 12.7 Å². The molecule has 0 N–H and O–H groups in total. The number of carbonyl (C=O) groups excluding carboxylic acids is 1. The maximum Gasteiger partial charge on any atom is 0.243 e. The van der Waals surface area contributed by atoms with Crippen LogP contribution in [0.15, 0.2) is 41.3 Å². The van der Waals surface area contributed by atoms with Gasteiger partial charge in [0.25, 0.3) is 0 Å². The van der Waals surface area contributed by atoms with Crippen molar-refractivity contribution in [2.45, 2.75) is 51.0 Å². The first-order valence-electron chi connectivity index (χ1n) is 12.3. The Bertz CT molecular complexity index is 1090. The normalized spacial score (nSPS) is 14.5. The lowest BCUT2D eigenvalue weighted by Gasteiger charge is -2.22. The first-order chi connectivity index (χ1) is 16.6. The Balaban J connectivity index is 1.49. The van der Waals surface area contributed by atoms with Crippen LogP contribution in [0.1, 0.15) is 41.5 Å². The van der Waals surface area contributed by atoms with Crippen LogP contribution in [0.5, 0.6) is 5.75 Å². The van der Waals surface area contributed by atoms with Gasteiger partial charge in [-0.3, -0.25) is 9.69 Å². The summed E-state index contributed by atoms with van der Waals surface area (Å²) in [6.07, 6.45) is 3.49. The van der Waals surface area contributed by atoms with Crippen LogP contribution in [0, 0.1) is 13.8 Å². The number of hydrogen-bond acceptors (Lipinski definition) is 5. The minimum atomic E-state index is -3.71. The van der Waals surface area contributed by atoms with Crippen molar-refractivity contribution in [3.63, 3.8) is 0 Å². The molecule has 0 saturated carbocycles. The van der Waals surface area contributed by atoms with E-state index >= 15 is 0 Å². The van der Waals surface area contributed by atoms with Gasteiger partial charge in [-0.2, -0.15) is 0 Å². The topological polar surface area (TPSA) is 70.2 Å². The molecular weight excluding hydrogens is 462 g/mol. The van der Waals surface area contributed by atoms with Crippen LogP contribution >= 0.6 is 0 Å². The zero-order valence-electron chi connectivity index (χ0n) is 21.7. The van der Waals surface area contributed by atoms with Gasteiger partial charge in [0.1, 0.15) is 5.75 Å². The summed E-state index contributed by atoms with van der Waals surface area (Å²) in [5.74, 6) is 0.556. The zero-order valence-corrected chi connectivity index (χ0v) is 22.5. The third-order valence-electron chi connectivity index (χ3n) is 6.77. The van der Waals surface area contributed by atoms with E-state index in [1.807, 2.05) is 0 Å². The molecule has 0 bridgehead atoms. The predicted octanol–water partition coefficient (Wildman–Crippen LogP) is 3.62. The molecule has 2 aromatic rings. The van der Waals surface area contributed by atoms with Gasteiger partial charge in [-0.1, -0.05) is 24.3 Å². The average molecular weight is 502 g/mol. The van der Waals surface area contributed by atoms with Crippen molar-refractivity contribution in [2.75, 3.05) is 47.4 Å². The second-order valence-electron chi connectivity index (χ2n) is 9.53. The number of likely N-dealkylation sites (tertiary alicyclic amines) is 1. The van der Waals surface area contributed by atoms with Crippen molar-refractivity contribution in [3.8, 4) is 5.75 Å². The number of aryl methyl sites for hydroxylation is 2. The van der Waals surface area contributed by atoms with E-state index in [0.29, 0.717) is 23.4 Å². The van der Waals surface area contributed by atoms with Gasteiger partial charge >= 0.3 is 0 Å². The molecule has 35 heavy (non-hydrogen) atoms. The van der Waals surface area contributed by atoms with Crippen LogP contribution in [-0.4, -0.2) is 75.8 Å². The highest BCUT2D eigenvalue weighted by Gasteiger charge is 2.26. The van der Waals surface area contributed by atoms with E-state index in [-0.39, 0.29) is 23.8 Å². The molecule has 1 fully saturated rings. The van der Waals surface area contributed by atoms with E-state index in [9.17, 15) is 13.2 Å². The van der Waals surface area contributed by atoms with E-state index in [1.165, 1.54) is 48.4 Å². The van der Waals surface area contributed by atoms with E-state index in [0.717, 1.165) is 13.0 Å². The summed E-state index contributed by atoms with van der Waals surface area (Å²) in [4.78, 5) is 17.1. The van der Waals surface area contributed by atoms with Gasteiger partial charge in [-0.05, 0) is 80.6 Å². The number of ether oxygens (including phenoxy) is 1. The SMILES string of the molecule is COc1cc(C)c(S(=O)(=O)N(C)CCC(=O)N(C)CCc2ccc(CN3CCCC3)cc2)c(C)c1. The molecule has 1 saturated heterocycles. The highest BCUT2D eigenvalue weighted by atomic mass is 32.2. The van der Waals surface area contributed by atoms with Crippen LogP contribution in [0.2, 0.25) is 0 Å². The summed E-state index contributed by atoms with van der Waals surface area (Å²) in [6.45, 7) is 7.61. The van der Waals surface area contributed by atoms with Crippen LogP contribution in [0.3, 0.4) is 0 Å². The molecule has 0 atom stereocenters. The van der Waals surface area contributed by atoms with Crippen molar-refractivity contribution in [1.29, 1.82) is 0 Å². The molecule has 2 aromatic carbocycles. The van der Waals surface area contributed by atoms with E-state index in [4.69, 9.17) is 4.74 Å². The molecule has 0 spiro atoms. The molecule has 7 nitrogen and oxygen atoms in total. The summed E-state index contributed by atoms with van der Waals surface area (Å²) in [6, 6.07) is 12.1. The van der Waals surface area contributed by atoms with Crippen LogP contribution < -0.4 is 4.74 Å². The molecule has 0 aromatic heterocycles. The van der Waals surface area contributed by atoms with Crippen LogP contribution in [0.4, 0.5) is 0 Å². The lowest BCUT2D eigenvalue weighted by Crippen LogP contribution is -2.34. The van der Waals surface area contributed by atoms with Gasteiger partial charge < -0.3 is 9.64 Å². The standard InChI is InChI=1S/C27H39N3O4S/c1-21-18-25(34-5)19-22(2)27(21)35(32,33)29(4)17-13-26(31)28(3)16-12-23-8-10-24(11-9-23)20-30-14-6-7-15-30/h8-11,18-19H,6-7,12-17,20H2,1-5H3. The highest BCUT2D eigenvalue weighted by molar-refractivity contribution is 7.89. The Morgan fingerprint density at radius 3 is 2.11 bits per heavy atom. The quantitative estimate of drug-likeness (QED) is 0.470. The van der Waals surface area contributed by atoms with Gasteiger partial charge in [0.2, 0.25) is 15.9 Å². The van der Waals surface area contributed by atoms with Crippen molar-refractivity contribution in [2.24, 2.45) is 0 Å². The number of amides is 1. The molecule has 1 aliphatic rings. The second kappa shape index (κ2) is 12.0. The monoisotopic (exact) mass is 501 g/mol. The first kappa shape index (κ1) is 27.2. The molecule has 0 radical (unpaired) electrons. The maximum absolute atomic E-state index is 13.2. The molecular formula is C27H39N3O4S. The number of hydrogen-bond donors (Lipinski definition) is 0. The Hall–Kier alpha value is -2.42. The van der Waals surface area contributed by atoms with E-state index < -0.39 is 10.0 Å². The van der Waals surface area contributed by atoms with Gasteiger partial charge in [0, 0.05) is 40.2 Å². The fourth-order valence-electron chi connectivity index (χ4n) is 4.59. The summed E-state index contributed by atoms with van der Waals surface area (Å²) < 4.78 is 32.8. The molecule has 0 unspecified atom stereocenters. The number of sulfonamides is 1. The van der Waals surface area contributed by atoms with Crippen molar-refractivity contribution < 1.29 is 17.9 Å². The van der Waals surface area contributed by atoms with Gasteiger partial charge in [0.15, 0.2) is 0 Å². The fraction of sp³-hybridized carbons (Fsp3) is 0.519. The van der Waals surface area contributed by atoms with Crippen molar-refractivity contribution in [1.82, 2.24) is 14.1 Å². The van der Waals surface area contributed by atoms with E-state index in [1.54, 1.807) is 45.0 Å². The number of carbonyl (C=O) groups is 1. The average Bonchev–Trinajstić information content (AvgIpc) is 3.33. The van der Waals surface area contributed by atoms with Crippen molar-refractivity contribution in [3.05, 3.63) is 58.7 Å². The molecule has 8 heteroatoms. The number of nitrogens with zero attached hydrogens (tertiary/aromatic N) is 3. The third-order valence-corrected chi connectivity index (χ3v) is 8.93. The Kier molecular flexibility index (Phi) is 9.33. The Labute approximate surface area is 210 Å². The molecule has 1 amide bonds. The molecule has 1 aliphatic heterocycles.